The van der Waals surface area contributed by atoms with Crippen LogP contribution in [-0.4, -0.2) is 15.9 Å². The summed E-state index contributed by atoms with van der Waals surface area (Å²) in [4.78, 5) is 20.0. The zero-order valence-electron chi connectivity index (χ0n) is 9.93. The molecule has 0 radical (unpaired) electrons. The van der Waals surface area contributed by atoms with Crippen LogP contribution in [0.4, 0.5) is 5.82 Å². The third kappa shape index (κ3) is 3.49. The SMILES string of the molecule is NNc1ncc(Br)cc1C(=O)NCc1ccncc1. The number of hydrogen-bond acceptors (Lipinski definition) is 5. The molecule has 7 heteroatoms. The molecule has 19 heavy (non-hydrogen) atoms. The van der Waals surface area contributed by atoms with Gasteiger partial charge in [-0.05, 0) is 39.7 Å². The summed E-state index contributed by atoms with van der Waals surface area (Å²) in [5, 5.41) is 2.79. The van der Waals surface area contributed by atoms with Crippen molar-refractivity contribution in [2.75, 3.05) is 5.43 Å². The number of halogens is 1. The largest absolute Gasteiger partial charge is 0.348 e. The van der Waals surface area contributed by atoms with E-state index in [9.17, 15) is 4.79 Å². The molecular weight excluding hydrogens is 310 g/mol. The van der Waals surface area contributed by atoms with Crippen LogP contribution in [0.1, 0.15) is 15.9 Å². The second-order valence-electron chi connectivity index (χ2n) is 3.73. The van der Waals surface area contributed by atoms with Gasteiger partial charge in [-0.25, -0.2) is 10.8 Å². The molecule has 1 amide bonds. The van der Waals surface area contributed by atoms with E-state index in [1.165, 1.54) is 0 Å². The molecule has 6 nitrogen and oxygen atoms in total. The van der Waals surface area contributed by atoms with Crippen molar-refractivity contribution in [3.8, 4) is 0 Å². The third-order valence-corrected chi connectivity index (χ3v) is 2.87. The molecule has 0 fully saturated rings. The number of pyridine rings is 2. The molecule has 0 saturated carbocycles. The number of carbonyl (C=O) groups excluding carboxylic acids is 1. The predicted molar refractivity (Wildman–Crippen MR) is 75.2 cm³/mol. The van der Waals surface area contributed by atoms with E-state index >= 15 is 0 Å². The Hall–Kier alpha value is -1.99. The van der Waals surface area contributed by atoms with Crippen LogP contribution in [0, 0.1) is 0 Å². The van der Waals surface area contributed by atoms with Crippen molar-refractivity contribution in [1.82, 2.24) is 15.3 Å². The molecule has 2 aromatic rings. The van der Waals surface area contributed by atoms with Crippen LogP contribution >= 0.6 is 15.9 Å². The van der Waals surface area contributed by atoms with Crippen LogP contribution in [0.25, 0.3) is 0 Å². The summed E-state index contributed by atoms with van der Waals surface area (Å²) in [7, 11) is 0. The van der Waals surface area contributed by atoms with E-state index in [2.05, 4.69) is 36.6 Å². The van der Waals surface area contributed by atoms with Crippen LogP contribution in [-0.2, 0) is 6.54 Å². The van der Waals surface area contributed by atoms with Crippen molar-refractivity contribution in [3.63, 3.8) is 0 Å². The average Bonchev–Trinajstić information content (AvgIpc) is 2.46. The van der Waals surface area contributed by atoms with Gasteiger partial charge in [0.05, 0.1) is 5.56 Å². The number of hydrazine groups is 1. The summed E-state index contributed by atoms with van der Waals surface area (Å²) in [6.07, 6.45) is 4.92. The summed E-state index contributed by atoms with van der Waals surface area (Å²) in [6, 6.07) is 5.33. The van der Waals surface area contributed by atoms with E-state index < -0.39 is 0 Å². The average molecular weight is 322 g/mol. The van der Waals surface area contributed by atoms with Crippen LogP contribution in [0.3, 0.4) is 0 Å². The van der Waals surface area contributed by atoms with Crippen LogP contribution in [0.2, 0.25) is 0 Å². The van der Waals surface area contributed by atoms with Gasteiger partial charge in [0.2, 0.25) is 0 Å². The standard InChI is InChI=1S/C12H12BrN5O/c13-9-5-10(11(18-14)16-7-9)12(19)17-6-8-1-3-15-4-2-8/h1-5,7H,6,14H2,(H,16,18)(H,17,19). The minimum absolute atomic E-state index is 0.251. The second kappa shape index (κ2) is 6.26. The Balaban J connectivity index is 2.10. The minimum atomic E-state index is -0.251. The number of nitrogens with zero attached hydrogens (tertiary/aromatic N) is 2. The molecule has 2 aromatic heterocycles. The first kappa shape index (κ1) is 13.4. The Kier molecular flexibility index (Phi) is 4.43. The Morgan fingerprint density at radius 2 is 2.11 bits per heavy atom. The normalized spacial score (nSPS) is 10.0. The molecule has 0 saturated heterocycles. The first-order chi connectivity index (χ1) is 9.20. The van der Waals surface area contributed by atoms with Crippen molar-refractivity contribution >= 4 is 27.7 Å². The topological polar surface area (TPSA) is 92.9 Å². The molecule has 4 N–H and O–H groups in total. The zero-order valence-corrected chi connectivity index (χ0v) is 11.5. The molecule has 0 aliphatic carbocycles. The molecule has 0 aromatic carbocycles. The van der Waals surface area contributed by atoms with Crippen molar-refractivity contribution in [2.45, 2.75) is 6.54 Å². The highest BCUT2D eigenvalue weighted by atomic mass is 79.9. The number of aromatic nitrogens is 2. The maximum Gasteiger partial charge on any atom is 0.255 e. The first-order valence-corrected chi connectivity index (χ1v) is 6.29. The maximum absolute atomic E-state index is 12.1. The van der Waals surface area contributed by atoms with Crippen LogP contribution < -0.4 is 16.6 Å². The van der Waals surface area contributed by atoms with E-state index in [4.69, 9.17) is 5.84 Å². The lowest BCUT2D eigenvalue weighted by molar-refractivity contribution is 0.0951. The van der Waals surface area contributed by atoms with Gasteiger partial charge in [-0.15, -0.1) is 0 Å². The van der Waals surface area contributed by atoms with Crippen molar-refractivity contribution in [1.29, 1.82) is 0 Å². The molecule has 0 atom stereocenters. The van der Waals surface area contributed by atoms with Gasteiger partial charge in [-0.1, -0.05) is 0 Å². The number of nitrogen functional groups attached to an aromatic ring is 1. The number of hydrogen-bond donors (Lipinski definition) is 3. The summed E-state index contributed by atoms with van der Waals surface area (Å²) < 4.78 is 0.709. The molecule has 98 valence electrons. The number of nitrogens with one attached hydrogen (secondary N) is 2. The quantitative estimate of drug-likeness (QED) is 0.585. The molecule has 2 heterocycles. The predicted octanol–water partition coefficient (Wildman–Crippen LogP) is 1.45. The van der Waals surface area contributed by atoms with E-state index in [1.54, 1.807) is 24.7 Å². The molecule has 0 unspecified atom stereocenters. The van der Waals surface area contributed by atoms with Crippen LogP contribution in [0.15, 0.2) is 41.3 Å². The molecule has 0 aliphatic rings. The van der Waals surface area contributed by atoms with E-state index in [0.29, 0.717) is 22.4 Å². The highest BCUT2D eigenvalue weighted by molar-refractivity contribution is 9.10. The number of carbonyl (C=O) groups is 1. The fraction of sp³-hybridized carbons (Fsp3) is 0.0833. The van der Waals surface area contributed by atoms with Gasteiger partial charge >= 0.3 is 0 Å². The number of nitrogens with two attached hydrogens (primary N) is 1. The number of amides is 1. The fourth-order valence-corrected chi connectivity index (χ4v) is 1.84. The summed E-state index contributed by atoms with van der Waals surface area (Å²) in [5.41, 5.74) is 3.75. The van der Waals surface area contributed by atoms with Gasteiger partial charge in [0.15, 0.2) is 5.82 Å². The fourth-order valence-electron chi connectivity index (χ4n) is 1.51. The highest BCUT2D eigenvalue weighted by Crippen LogP contribution is 2.17. The summed E-state index contributed by atoms with van der Waals surface area (Å²) in [5.74, 6) is 5.41. The van der Waals surface area contributed by atoms with Gasteiger partial charge in [-0.2, -0.15) is 0 Å². The van der Waals surface area contributed by atoms with Crippen molar-refractivity contribution < 1.29 is 4.79 Å². The zero-order chi connectivity index (χ0) is 13.7. The Morgan fingerprint density at radius 3 is 2.79 bits per heavy atom. The molecule has 0 spiro atoms. The van der Waals surface area contributed by atoms with Crippen molar-refractivity contribution in [2.24, 2.45) is 5.84 Å². The lowest BCUT2D eigenvalue weighted by Gasteiger charge is -2.09. The number of anilines is 1. The molecular formula is C12H12BrN5O. The smallest absolute Gasteiger partial charge is 0.255 e. The number of rotatable bonds is 4. The van der Waals surface area contributed by atoms with Crippen LogP contribution in [0.5, 0.6) is 0 Å². The second-order valence-corrected chi connectivity index (χ2v) is 4.65. The van der Waals surface area contributed by atoms with E-state index in [1.807, 2.05) is 12.1 Å². The first-order valence-electron chi connectivity index (χ1n) is 5.50. The Labute approximate surface area is 118 Å². The molecule has 2 rings (SSSR count). The summed E-state index contributed by atoms with van der Waals surface area (Å²) in [6.45, 7) is 0.415. The Morgan fingerprint density at radius 1 is 1.37 bits per heavy atom. The minimum Gasteiger partial charge on any atom is -0.348 e. The van der Waals surface area contributed by atoms with Gasteiger partial charge < -0.3 is 10.7 Å². The Bertz CT molecular complexity index is 576. The van der Waals surface area contributed by atoms with E-state index in [0.717, 1.165) is 5.56 Å². The van der Waals surface area contributed by atoms with E-state index in [-0.39, 0.29) is 5.91 Å². The third-order valence-electron chi connectivity index (χ3n) is 2.44. The molecule has 0 bridgehead atoms. The lowest BCUT2D eigenvalue weighted by Crippen LogP contribution is -2.25. The highest BCUT2D eigenvalue weighted by Gasteiger charge is 2.12. The lowest BCUT2D eigenvalue weighted by atomic mass is 10.2. The van der Waals surface area contributed by atoms with Crippen molar-refractivity contribution in [3.05, 3.63) is 52.4 Å². The van der Waals surface area contributed by atoms with Gasteiger partial charge in [-0.3, -0.25) is 9.78 Å². The van der Waals surface area contributed by atoms with Gasteiger partial charge in [0.1, 0.15) is 0 Å². The van der Waals surface area contributed by atoms with Gasteiger partial charge in [0.25, 0.3) is 5.91 Å². The van der Waals surface area contributed by atoms with Gasteiger partial charge in [0, 0.05) is 29.6 Å². The maximum atomic E-state index is 12.1. The monoisotopic (exact) mass is 321 g/mol. The molecule has 0 aliphatic heterocycles. The summed E-state index contributed by atoms with van der Waals surface area (Å²) >= 11 is 3.27.